The molecule has 1 aromatic rings. The van der Waals surface area contributed by atoms with Gasteiger partial charge in [-0.3, -0.25) is 4.79 Å². The lowest BCUT2D eigenvalue weighted by Crippen LogP contribution is -2.20. The summed E-state index contributed by atoms with van der Waals surface area (Å²) in [6.45, 7) is 3.39. The Hall–Kier alpha value is -1.20. The third-order valence-corrected chi connectivity index (χ3v) is 2.94. The Balaban J connectivity index is 2.12. The fraction of sp³-hybridized carbons (Fsp3) is 0.400. The van der Waals surface area contributed by atoms with Crippen LogP contribution in [-0.4, -0.2) is 24.0 Å². The van der Waals surface area contributed by atoms with Gasteiger partial charge in [0.15, 0.2) is 5.13 Å². The van der Waals surface area contributed by atoms with Crippen molar-refractivity contribution in [2.24, 2.45) is 0 Å². The molecular formula is C10H13N3OS. The first kappa shape index (κ1) is 10.3. The summed E-state index contributed by atoms with van der Waals surface area (Å²) < 4.78 is 0. The maximum absolute atomic E-state index is 10.8. The quantitative estimate of drug-likeness (QED) is 0.798. The lowest BCUT2D eigenvalue weighted by atomic mass is 10.1. The van der Waals surface area contributed by atoms with E-state index in [-0.39, 0.29) is 5.91 Å². The topological polar surface area (TPSA) is 54.0 Å². The number of carbonyl (C=O) groups is 1. The first-order valence-corrected chi connectivity index (χ1v) is 5.77. The number of hydrogen-bond donors (Lipinski definition) is 2. The molecule has 0 atom stereocenters. The zero-order valence-electron chi connectivity index (χ0n) is 8.54. The van der Waals surface area contributed by atoms with Crippen LogP contribution in [0, 0.1) is 0 Å². The van der Waals surface area contributed by atoms with E-state index in [0.717, 1.165) is 25.2 Å². The van der Waals surface area contributed by atoms with Crippen LogP contribution in [0.1, 0.15) is 19.0 Å². The molecule has 1 aliphatic heterocycles. The van der Waals surface area contributed by atoms with E-state index in [2.05, 4.69) is 21.7 Å². The number of nitrogens with one attached hydrogen (secondary N) is 2. The molecule has 15 heavy (non-hydrogen) atoms. The van der Waals surface area contributed by atoms with Gasteiger partial charge in [-0.05, 0) is 18.5 Å². The Morgan fingerprint density at radius 2 is 2.53 bits per heavy atom. The van der Waals surface area contributed by atoms with E-state index in [9.17, 15) is 4.79 Å². The minimum Gasteiger partial charge on any atom is -0.313 e. The highest BCUT2D eigenvalue weighted by molar-refractivity contribution is 7.14. The molecule has 0 unspecified atom stereocenters. The van der Waals surface area contributed by atoms with Crippen LogP contribution in [-0.2, 0) is 4.79 Å². The second-order valence-electron chi connectivity index (χ2n) is 3.40. The van der Waals surface area contributed by atoms with E-state index in [4.69, 9.17) is 0 Å². The standard InChI is InChI=1S/C10H13N3OS/c1-7(14)12-10-13-9(6-15-10)8-2-4-11-5-3-8/h2,6,11H,3-5H2,1H3,(H,12,13,14). The summed E-state index contributed by atoms with van der Waals surface area (Å²) in [6, 6.07) is 0. The van der Waals surface area contributed by atoms with Crippen LogP contribution in [0.25, 0.3) is 5.57 Å². The van der Waals surface area contributed by atoms with Gasteiger partial charge in [0.2, 0.25) is 5.91 Å². The number of carbonyl (C=O) groups excluding carboxylic acids is 1. The lowest BCUT2D eigenvalue weighted by Gasteiger charge is -2.11. The van der Waals surface area contributed by atoms with Crippen molar-refractivity contribution in [3.63, 3.8) is 0 Å². The Labute approximate surface area is 92.4 Å². The first-order chi connectivity index (χ1) is 7.25. The molecule has 0 bridgehead atoms. The molecule has 0 radical (unpaired) electrons. The summed E-state index contributed by atoms with van der Waals surface area (Å²) in [6.07, 6.45) is 3.15. The summed E-state index contributed by atoms with van der Waals surface area (Å²) in [5.41, 5.74) is 2.26. The van der Waals surface area contributed by atoms with Crippen LogP contribution in [0.4, 0.5) is 5.13 Å². The van der Waals surface area contributed by atoms with Crippen LogP contribution in [0.5, 0.6) is 0 Å². The molecule has 80 valence electrons. The Kier molecular flexibility index (Phi) is 3.13. The van der Waals surface area contributed by atoms with E-state index < -0.39 is 0 Å². The van der Waals surface area contributed by atoms with Gasteiger partial charge in [-0.25, -0.2) is 4.98 Å². The van der Waals surface area contributed by atoms with Gasteiger partial charge >= 0.3 is 0 Å². The number of rotatable bonds is 2. The average Bonchev–Trinajstić information content (AvgIpc) is 2.67. The van der Waals surface area contributed by atoms with E-state index in [1.807, 2.05) is 5.38 Å². The van der Waals surface area contributed by atoms with Crippen molar-refractivity contribution in [2.45, 2.75) is 13.3 Å². The van der Waals surface area contributed by atoms with E-state index in [1.54, 1.807) is 0 Å². The van der Waals surface area contributed by atoms with E-state index in [0.29, 0.717) is 5.13 Å². The zero-order chi connectivity index (χ0) is 10.7. The second-order valence-corrected chi connectivity index (χ2v) is 4.26. The lowest BCUT2D eigenvalue weighted by molar-refractivity contribution is -0.114. The van der Waals surface area contributed by atoms with E-state index in [1.165, 1.54) is 23.8 Å². The minimum atomic E-state index is -0.0739. The van der Waals surface area contributed by atoms with Gasteiger partial charge in [0.05, 0.1) is 5.69 Å². The minimum absolute atomic E-state index is 0.0739. The maximum atomic E-state index is 10.8. The predicted molar refractivity (Wildman–Crippen MR) is 61.9 cm³/mol. The molecule has 0 saturated heterocycles. The molecule has 1 aromatic heterocycles. The normalized spacial score (nSPS) is 15.9. The van der Waals surface area contributed by atoms with Crippen molar-refractivity contribution in [1.82, 2.24) is 10.3 Å². The smallest absolute Gasteiger partial charge is 0.223 e. The molecule has 4 nitrogen and oxygen atoms in total. The van der Waals surface area contributed by atoms with Crippen molar-refractivity contribution in [3.05, 3.63) is 17.2 Å². The molecule has 0 saturated carbocycles. The van der Waals surface area contributed by atoms with Crippen LogP contribution in [0.2, 0.25) is 0 Å². The fourth-order valence-electron chi connectivity index (χ4n) is 1.48. The van der Waals surface area contributed by atoms with Crippen molar-refractivity contribution < 1.29 is 4.79 Å². The predicted octanol–water partition coefficient (Wildman–Crippen LogP) is 1.48. The van der Waals surface area contributed by atoms with E-state index >= 15 is 0 Å². The number of hydrogen-bond acceptors (Lipinski definition) is 4. The van der Waals surface area contributed by atoms with Crippen LogP contribution < -0.4 is 10.6 Å². The SMILES string of the molecule is CC(=O)Nc1nc(C2=CCNCC2)cs1. The number of anilines is 1. The number of amides is 1. The number of thiazole rings is 1. The number of aromatic nitrogens is 1. The zero-order valence-corrected chi connectivity index (χ0v) is 9.36. The molecule has 0 aromatic carbocycles. The highest BCUT2D eigenvalue weighted by atomic mass is 32.1. The van der Waals surface area contributed by atoms with Crippen LogP contribution in [0.15, 0.2) is 11.5 Å². The summed E-state index contributed by atoms with van der Waals surface area (Å²) in [5, 5.41) is 8.61. The van der Waals surface area contributed by atoms with Gasteiger partial charge < -0.3 is 10.6 Å². The van der Waals surface area contributed by atoms with Crippen LogP contribution >= 0.6 is 11.3 Å². The van der Waals surface area contributed by atoms with Gasteiger partial charge in [-0.15, -0.1) is 11.3 Å². The third-order valence-electron chi connectivity index (χ3n) is 2.18. The Morgan fingerprint density at radius 1 is 1.67 bits per heavy atom. The summed E-state index contributed by atoms with van der Waals surface area (Å²) >= 11 is 1.47. The maximum Gasteiger partial charge on any atom is 0.223 e. The number of nitrogens with zero attached hydrogens (tertiary/aromatic N) is 1. The molecule has 1 aliphatic rings. The first-order valence-electron chi connectivity index (χ1n) is 4.89. The summed E-state index contributed by atoms with van der Waals surface area (Å²) in [7, 11) is 0. The molecule has 2 N–H and O–H groups in total. The second kappa shape index (κ2) is 4.55. The molecule has 0 aliphatic carbocycles. The van der Waals surface area contributed by atoms with Gasteiger partial charge in [-0.1, -0.05) is 6.08 Å². The Morgan fingerprint density at radius 3 is 3.20 bits per heavy atom. The van der Waals surface area contributed by atoms with Gasteiger partial charge in [0.25, 0.3) is 0 Å². The molecule has 0 spiro atoms. The van der Waals surface area contributed by atoms with Gasteiger partial charge in [0, 0.05) is 18.8 Å². The largest absolute Gasteiger partial charge is 0.313 e. The average molecular weight is 223 g/mol. The third kappa shape index (κ3) is 2.64. The Bertz CT molecular complexity index is 397. The van der Waals surface area contributed by atoms with Gasteiger partial charge in [0.1, 0.15) is 0 Å². The summed E-state index contributed by atoms with van der Waals surface area (Å²) in [5.74, 6) is -0.0739. The molecule has 5 heteroatoms. The highest BCUT2D eigenvalue weighted by Crippen LogP contribution is 2.24. The summed E-state index contributed by atoms with van der Waals surface area (Å²) in [4.78, 5) is 15.2. The molecule has 1 amide bonds. The van der Waals surface area contributed by atoms with Gasteiger partial charge in [-0.2, -0.15) is 0 Å². The highest BCUT2D eigenvalue weighted by Gasteiger charge is 2.09. The van der Waals surface area contributed by atoms with Crippen molar-refractivity contribution in [2.75, 3.05) is 18.4 Å². The van der Waals surface area contributed by atoms with Crippen molar-refractivity contribution >= 4 is 27.9 Å². The molecule has 2 heterocycles. The van der Waals surface area contributed by atoms with Crippen molar-refractivity contribution in [3.8, 4) is 0 Å². The van der Waals surface area contributed by atoms with Crippen LogP contribution in [0.3, 0.4) is 0 Å². The fourth-order valence-corrected chi connectivity index (χ4v) is 2.27. The monoisotopic (exact) mass is 223 g/mol. The van der Waals surface area contributed by atoms with Crippen molar-refractivity contribution in [1.29, 1.82) is 0 Å². The molecule has 2 rings (SSSR count). The molecule has 0 fully saturated rings. The molecular weight excluding hydrogens is 210 g/mol.